The van der Waals surface area contributed by atoms with E-state index in [4.69, 9.17) is 14.1 Å². The summed E-state index contributed by atoms with van der Waals surface area (Å²) in [4.78, 5) is 18.5. The summed E-state index contributed by atoms with van der Waals surface area (Å²) < 4.78 is 10.5. The van der Waals surface area contributed by atoms with Gasteiger partial charge in [-0.3, -0.25) is 4.99 Å². The van der Waals surface area contributed by atoms with Crippen LogP contribution in [0.1, 0.15) is 37.5 Å². The van der Waals surface area contributed by atoms with Gasteiger partial charge in [0.1, 0.15) is 5.76 Å². The van der Waals surface area contributed by atoms with E-state index in [1.807, 2.05) is 25.1 Å². The molecule has 3 rings (SSSR count). The van der Waals surface area contributed by atoms with Gasteiger partial charge in [-0.25, -0.2) is 4.79 Å². The maximum Gasteiger partial charge on any atom is 0.409 e. The molecule has 7 nitrogen and oxygen atoms in total. The van der Waals surface area contributed by atoms with E-state index in [0.717, 1.165) is 56.9 Å². The molecule has 7 heteroatoms. The number of amides is 1. The predicted molar refractivity (Wildman–Crippen MR) is 122 cm³/mol. The molecule has 0 unspecified atom stereocenters. The van der Waals surface area contributed by atoms with Gasteiger partial charge in [-0.1, -0.05) is 30.3 Å². The molecule has 1 amide bonds. The second-order valence-corrected chi connectivity index (χ2v) is 7.68. The first-order valence-electron chi connectivity index (χ1n) is 11.3. The summed E-state index contributed by atoms with van der Waals surface area (Å²) in [5.41, 5.74) is 1.34. The Morgan fingerprint density at radius 1 is 1.16 bits per heavy atom. The first-order chi connectivity index (χ1) is 15.2. The monoisotopic (exact) mass is 426 g/mol. The lowest BCUT2D eigenvalue weighted by Gasteiger charge is -2.32. The van der Waals surface area contributed by atoms with Gasteiger partial charge in [0.05, 0.1) is 12.9 Å². The number of likely N-dealkylation sites (tertiary alicyclic amines) is 1. The summed E-state index contributed by atoms with van der Waals surface area (Å²) in [5.74, 6) is 1.79. The first kappa shape index (κ1) is 22.7. The van der Waals surface area contributed by atoms with Crippen LogP contribution in [0.2, 0.25) is 0 Å². The predicted octanol–water partition coefficient (Wildman–Crippen LogP) is 3.61. The quantitative estimate of drug-likeness (QED) is 0.364. The summed E-state index contributed by atoms with van der Waals surface area (Å²) >= 11 is 0. The van der Waals surface area contributed by atoms with E-state index >= 15 is 0 Å². The average Bonchev–Trinajstić information content (AvgIpc) is 3.31. The third-order valence-electron chi connectivity index (χ3n) is 5.34. The van der Waals surface area contributed by atoms with Crippen molar-refractivity contribution in [1.29, 1.82) is 0 Å². The van der Waals surface area contributed by atoms with E-state index in [-0.39, 0.29) is 12.1 Å². The molecule has 0 aliphatic carbocycles. The lowest BCUT2D eigenvalue weighted by molar-refractivity contribution is 0.0963. The summed E-state index contributed by atoms with van der Waals surface area (Å²) in [5, 5.41) is 6.99. The molecule has 2 heterocycles. The smallest absolute Gasteiger partial charge is 0.409 e. The van der Waals surface area contributed by atoms with Crippen molar-refractivity contribution in [1.82, 2.24) is 15.5 Å². The van der Waals surface area contributed by atoms with Gasteiger partial charge >= 0.3 is 6.09 Å². The Kier molecular flexibility index (Phi) is 9.29. The molecule has 0 saturated carbocycles. The Morgan fingerprint density at radius 3 is 2.68 bits per heavy atom. The van der Waals surface area contributed by atoms with Gasteiger partial charge in [-0.2, -0.15) is 0 Å². The van der Waals surface area contributed by atoms with Crippen molar-refractivity contribution in [3.05, 3.63) is 60.1 Å². The Labute approximate surface area is 184 Å². The van der Waals surface area contributed by atoms with Crippen molar-refractivity contribution in [3.63, 3.8) is 0 Å². The molecule has 0 bridgehead atoms. The van der Waals surface area contributed by atoms with Crippen molar-refractivity contribution in [2.24, 2.45) is 4.99 Å². The van der Waals surface area contributed by atoms with Crippen LogP contribution in [0, 0.1) is 0 Å². The molecule has 31 heavy (non-hydrogen) atoms. The van der Waals surface area contributed by atoms with Gasteiger partial charge in [0.15, 0.2) is 5.96 Å². The Morgan fingerprint density at radius 2 is 1.97 bits per heavy atom. The fourth-order valence-corrected chi connectivity index (χ4v) is 3.64. The van der Waals surface area contributed by atoms with Crippen LogP contribution in [0.3, 0.4) is 0 Å². The van der Waals surface area contributed by atoms with Crippen molar-refractivity contribution < 1.29 is 13.9 Å². The van der Waals surface area contributed by atoms with Crippen LogP contribution in [0.25, 0.3) is 0 Å². The summed E-state index contributed by atoms with van der Waals surface area (Å²) in [6, 6.07) is 14.7. The van der Waals surface area contributed by atoms with Gasteiger partial charge in [-0.15, -0.1) is 0 Å². The molecule has 0 spiro atoms. The molecule has 1 aliphatic rings. The van der Waals surface area contributed by atoms with Gasteiger partial charge in [-0.05, 0) is 50.3 Å². The standard InChI is InChI=1S/C24H34N4O3/c1-2-30-24(29)28-17-13-21(14-18-28)27-23(26-16-12-22-11-7-19-31-22)25-15-6-10-20-8-4-3-5-9-20/h3-5,7-9,11,19,21H,2,6,10,12-18H2,1H3,(H2,25,26,27). The van der Waals surface area contributed by atoms with Crippen LogP contribution in [0.4, 0.5) is 4.79 Å². The molecule has 0 radical (unpaired) electrons. The molecule has 1 saturated heterocycles. The molecule has 168 valence electrons. The Balaban J connectivity index is 1.48. The maximum atomic E-state index is 11.9. The highest BCUT2D eigenvalue weighted by Gasteiger charge is 2.24. The molecule has 0 atom stereocenters. The average molecular weight is 427 g/mol. The number of hydrogen-bond acceptors (Lipinski definition) is 4. The summed E-state index contributed by atoms with van der Waals surface area (Å²) in [6.07, 6.45) is 6.05. The van der Waals surface area contributed by atoms with Crippen LogP contribution in [0.15, 0.2) is 58.1 Å². The highest BCUT2D eigenvalue weighted by atomic mass is 16.6. The largest absolute Gasteiger partial charge is 0.469 e. The number of furan rings is 1. The number of ether oxygens (including phenoxy) is 1. The van der Waals surface area contributed by atoms with E-state index in [2.05, 4.69) is 34.9 Å². The number of carbonyl (C=O) groups is 1. The SMILES string of the molecule is CCOC(=O)N1CCC(NC(=NCCCc2ccccc2)NCCc2ccco2)CC1. The number of guanidine groups is 1. The zero-order chi connectivity index (χ0) is 21.7. The minimum absolute atomic E-state index is 0.215. The van der Waals surface area contributed by atoms with Crippen molar-refractivity contribution in [3.8, 4) is 0 Å². The van der Waals surface area contributed by atoms with Crippen LogP contribution < -0.4 is 10.6 Å². The zero-order valence-corrected chi connectivity index (χ0v) is 18.4. The zero-order valence-electron chi connectivity index (χ0n) is 18.4. The second kappa shape index (κ2) is 12.7. The molecule has 1 aromatic carbocycles. The Hall–Kier alpha value is -2.96. The van der Waals surface area contributed by atoms with E-state index < -0.39 is 0 Å². The van der Waals surface area contributed by atoms with Gasteiger partial charge in [0, 0.05) is 38.6 Å². The maximum absolute atomic E-state index is 11.9. The minimum Gasteiger partial charge on any atom is -0.469 e. The molecule has 1 aliphatic heterocycles. The minimum atomic E-state index is -0.215. The van der Waals surface area contributed by atoms with Gasteiger partial charge < -0.3 is 24.7 Å². The van der Waals surface area contributed by atoms with Crippen molar-refractivity contribution in [2.75, 3.05) is 32.8 Å². The van der Waals surface area contributed by atoms with Crippen LogP contribution in [-0.2, 0) is 17.6 Å². The number of nitrogens with zero attached hydrogens (tertiary/aromatic N) is 2. The first-order valence-corrected chi connectivity index (χ1v) is 11.3. The fourth-order valence-electron chi connectivity index (χ4n) is 3.64. The molecule has 1 fully saturated rings. The van der Waals surface area contributed by atoms with E-state index in [0.29, 0.717) is 19.7 Å². The highest BCUT2D eigenvalue weighted by molar-refractivity contribution is 5.80. The lowest BCUT2D eigenvalue weighted by atomic mass is 10.1. The number of aliphatic imine (C=N–C) groups is 1. The van der Waals surface area contributed by atoms with Crippen molar-refractivity contribution >= 4 is 12.1 Å². The number of nitrogens with one attached hydrogen (secondary N) is 2. The number of rotatable bonds is 9. The van der Waals surface area contributed by atoms with E-state index in [9.17, 15) is 4.79 Å². The third-order valence-corrected chi connectivity index (χ3v) is 5.34. The van der Waals surface area contributed by atoms with Gasteiger partial charge in [0.2, 0.25) is 0 Å². The molecule has 2 N–H and O–H groups in total. The van der Waals surface area contributed by atoms with Gasteiger partial charge in [0.25, 0.3) is 0 Å². The fraction of sp³-hybridized carbons (Fsp3) is 0.500. The number of piperidine rings is 1. The Bertz CT molecular complexity index is 784. The topological polar surface area (TPSA) is 79.1 Å². The van der Waals surface area contributed by atoms with Crippen LogP contribution in [0.5, 0.6) is 0 Å². The number of aryl methyl sites for hydroxylation is 1. The van der Waals surface area contributed by atoms with E-state index in [1.54, 1.807) is 11.2 Å². The number of carbonyl (C=O) groups excluding carboxylic acids is 1. The van der Waals surface area contributed by atoms with Crippen LogP contribution >= 0.6 is 0 Å². The number of benzene rings is 1. The third kappa shape index (κ3) is 8.00. The lowest BCUT2D eigenvalue weighted by Crippen LogP contribution is -2.50. The second-order valence-electron chi connectivity index (χ2n) is 7.68. The molecule has 1 aromatic heterocycles. The molecular weight excluding hydrogens is 392 g/mol. The van der Waals surface area contributed by atoms with Crippen molar-refractivity contribution in [2.45, 2.75) is 45.1 Å². The normalized spacial score (nSPS) is 15.0. The van der Waals surface area contributed by atoms with Crippen LogP contribution in [-0.4, -0.2) is 55.8 Å². The summed E-state index contributed by atoms with van der Waals surface area (Å²) in [7, 11) is 0. The number of hydrogen-bond donors (Lipinski definition) is 2. The molecule has 2 aromatic rings. The summed E-state index contributed by atoms with van der Waals surface area (Å²) in [6.45, 7) is 5.15. The molecular formula is C24H34N4O3. The highest BCUT2D eigenvalue weighted by Crippen LogP contribution is 2.11. The van der Waals surface area contributed by atoms with E-state index in [1.165, 1.54) is 5.56 Å².